The quantitative estimate of drug-likeness (QED) is 0.449. The van der Waals surface area contributed by atoms with E-state index in [1.165, 1.54) is 6.04 Å². The fourth-order valence-electron chi connectivity index (χ4n) is 1.32. The largest absolute Gasteiger partial charge is 0.494 e. The molecular formula is C12H21NO2Si. The SMILES string of the molecule is CC(C)O[SiH2]CCCOc1cccc(N)c1. The summed E-state index contributed by atoms with van der Waals surface area (Å²) in [6.45, 7) is 4.91. The van der Waals surface area contributed by atoms with Crippen LogP contribution >= 0.6 is 0 Å². The van der Waals surface area contributed by atoms with Crippen LogP contribution in [0, 0.1) is 0 Å². The average Bonchev–Trinajstić information content (AvgIpc) is 2.23. The Kier molecular flexibility index (Phi) is 5.96. The molecule has 0 amide bonds. The summed E-state index contributed by atoms with van der Waals surface area (Å²) >= 11 is 0. The van der Waals surface area contributed by atoms with Crippen LogP contribution < -0.4 is 10.5 Å². The predicted molar refractivity (Wildman–Crippen MR) is 70.5 cm³/mol. The van der Waals surface area contributed by atoms with Crippen molar-refractivity contribution in [3.05, 3.63) is 24.3 Å². The Morgan fingerprint density at radius 1 is 1.38 bits per heavy atom. The molecule has 4 heteroatoms. The van der Waals surface area contributed by atoms with Crippen molar-refractivity contribution in [2.45, 2.75) is 32.4 Å². The Morgan fingerprint density at radius 2 is 2.19 bits per heavy atom. The van der Waals surface area contributed by atoms with Gasteiger partial charge in [-0.1, -0.05) is 6.07 Å². The van der Waals surface area contributed by atoms with E-state index in [0.717, 1.165) is 24.5 Å². The smallest absolute Gasteiger partial charge is 0.162 e. The molecule has 0 aliphatic rings. The highest BCUT2D eigenvalue weighted by Crippen LogP contribution is 2.14. The molecule has 1 aromatic carbocycles. The lowest BCUT2D eigenvalue weighted by atomic mass is 10.3. The molecule has 0 fully saturated rings. The summed E-state index contributed by atoms with van der Waals surface area (Å²) in [4.78, 5) is 0. The first-order valence-electron chi connectivity index (χ1n) is 5.78. The van der Waals surface area contributed by atoms with Crippen LogP contribution in [-0.4, -0.2) is 22.5 Å². The highest BCUT2D eigenvalue weighted by Gasteiger charge is 1.96. The number of ether oxygens (including phenoxy) is 1. The van der Waals surface area contributed by atoms with Gasteiger partial charge in [0, 0.05) is 17.9 Å². The van der Waals surface area contributed by atoms with Crippen LogP contribution in [0.25, 0.3) is 0 Å². The Morgan fingerprint density at radius 3 is 2.88 bits per heavy atom. The lowest BCUT2D eigenvalue weighted by Crippen LogP contribution is -2.08. The highest BCUT2D eigenvalue weighted by molar-refractivity contribution is 6.27. The number of nitrogens with two attached hydrogens (primary N) is 1. The number of anilines is 1. The van der Waals surface area contributed by atoms with Gasteiger partial charge < -0.3 is 14.9 Å². The molecule has 0 spiro atoms. The lowest BCUT2D eigenvalue weighted by molar-refractivity contribution is 0.252. The van der Waals surface area contributed by atoms with Gasteiger partial charge in [0.25, 0.3) is 0 Å². The molecule has 90 valence electrons. The van der Waals surface area contributed by atoms with Crippen molar-refractivity contribution < 1.29 is 9.16 Å². The van der Waals surface area contributed by atoms with Crippen LogP contribution in [-0.2, 0) is 4.43 Å². The maximum Gasteiger partial charge on any atom is 0.162 e. The van der Waals surface area contributed by atoms with Gasteiger partial charge in [-0.3, -0.25) is 0 Å². The summed E-state index contributed by atoms with van der Waals surface area (Å²) in [5, 5.41) is 0. The second-order valence-electron chi connectivity index (χ2n) is 4.05. The molecule has 3 nitrogen and oxygen atoms in total. The summed E-state index contributed by atoms with van der Waals surface area (Å²) in [6.07, 6.45) is 1.44. The maximum absolute atomic E-state index is 5.65. The number of nitrogen functional groups attached to an aromatic ring is 1. The van der Waals surface area contributed by atoms with E-state index >= 15 is 0 Å². The zero-order chi connectivity index (χ0) is 11.8. The second-order valence-corrected chi connectivity index (χ2v) is 5.50. The van der Waals surface area contributed by atoms with Gasteiger partial charge in [0.2, 0.25) is 0 Å². The van der Waals surface area contributed by atoms with Gasteiger partial charge in [-0.05, 0) is 38.4 Å². The second kappa shape index (κ2) is 7.30. The van der Waals surface area contributed by atoms with Gasteiger partial charge in [0.1, 0.15) is 5.75 Å². The third-order valence-corrected chi connectivity index (χ3v) is 3.81. The molecule has 16 heavy (non-hydrogen) atoms. The van der Waals surface area contributed by atoms with Gasteiger partial charge >= 0.3 is 0 Å². The first-order chi connectivity index (χ1) is 7.68. The van der Waals surface area contributed by atoms with Gasteiger partial charge in [0.15, 0.2) is 9.76 Å². The van der Waals surface area contributed by atoms with Crippen LogP contribution in [0.1, 0.15) is 20.3 Å². The average molecular weight is 239 g/mol. The van der Waals surface area contributed by atoms with E-state index in [0.29, 0.717) is 6.10 Å². The van der Waals surface area contributed by atoms with Gasteiger partial charge in [-0.15, -0.1) is 0 Å². The molecule has 0 aliphatic heterocycles. The molecule has 1 aromatic rings. The summed E-state index contributed by atoms with van der Waals surface area (Å²) in [7, 11) is -0.349. The van der Waals surface area contributed by atoms with Gasteiger partial charge in [-0.2, -0.15) is 0 Å². The standard InChI is InChI=1S/C12H21NO2Si/c1-10(2)15-16-8-4-7-14-12-6-3-5-11(13)9-12/h3,5-6,9-10H,4,7-8,13,16H2,1-2H3. The molecule has 0 atom stereocenters. The third-order valence-electron chi connectivity index (χ3n) is 2.12. The molecule has 0 aliphatic carbocycles. The van der Waals surface area contributed by atoms with Crippen LogP contribution in [0.3, 0.4) is 0 Å². The van der Waals surface area contributed by atoms with E-state index in [1.807, 2.05) is 24.3 Å². The fraction of sp³-hybridized carbons (Fsp3) is 0.500. The zero-order valence-corrected chi connectivity index (χ0v) is 11.5. The fourth-order valence-corrected chi connectivity index (χ4v) is 2.36. The molecule has 0 unspecified atom stereocenters. The normalized spacial score (nSPS) is 11.4. The molecule has 0 heterocycles. The van der Waals surface area contributed by atoms with Crippen molar-refractivity contribution in [1.29, 1.82) is 0 Å². The molecule has 0 bridgehead atoms. The van der Waals surface area contributed by atoms with Crippen LogP contribution in [0.4, 0.5) is 5.69 Å². The van der Waals surface area contributed by atoms with Gasteiger partial charge in [0.05, 0.1) is 6.61 Å². The van der Waals surface area contributed by atoms with E-state index in [2.05, 4.69) is 13.8 Å². The molecule has 0 aromatic heterocycles. The molecule has 2 N–H and O–H groups in total. The van der Waals surface area contributed by atoms with Crippen molar-refractivity contribution in [1.82, 2.24) is 0 Å². The van der Waals surface area contributed by atoms with Crippen LogP contribution in [0.5, 0.6) is 5.75 Å². The van der Waals surface area contributed by atoms with E-state index < -0.39 is 0 Å². The number of hydrogen-bond acceptors (Lipinski definition) is 3. The third kappa shape index (κ3) is 5.78. The number of benzene rings is 1. The minimum atomic E-state index is -0.349. The predicted octanol–water partition coefficient (Wildman–Crippen LogP) is 1.96. The Bertz CT molecular complexity index is 305. The first-order valence-corrected chi connectivity index (χ1v) is 7.36. The van der Waals surface area contributed by atoms with Gasteiger partial charge in [-0.25, -0.2) is 0 Å². The number of hydrogen-bond donors (Lipinski definition) is 1. The first kappa shape index (κ1) is 13.1. The Balaban J connectivity index is 2.07. The molecule has 0 saturated heterocycles. The van der Waals surface area contributed by atoms with Crippen LogP contribution in [0.2, 0.25) is 6.04 Å². The number of rotatable bonds is 7. The maximum atomic E-state index is 5.65. The zero-order valence-electron chi connectivity index (χ0n) is 10.1. The van der Waals surface area contributed by atoms with E-state index in [9.17, 15) is 0 Å². The molecular weight excluding hydrogens is 218 g/mol. The highest BCUT2D eigenvalue weighted by atomic mass is 28.2. The van der Waals surface area contributed by atoms with E-state index in [-0.39, 0.29) is 9.76 Å². The van der Waals surface area contributed by atoms with E-state index in [4.69, 9.17) is 14.9 Å². The summed E-state index contributed by atoms with van der Waals surface area (Å²) in [5.41, 5.74) is 6.40. The minimum Gasteiger partial charge on any atom is -0.494 e. The summed E-state index contributed by atoms with van der Waals surface area (Å²) in [6, 6.07) is 8.71. The molecule has 0 radical (unpaired) electrons. The minimum absolute atomic E-state index is 0.349. The lowest BCUT2D eigenvalue weighted by Gasteiger charge is -2.08. The van der Waals surface area contributed by atoms with E-state index in [1.54, 1.807) is 0 Å². The van der Waals surface area contributed by atoms with Crippen molar-refractivity contribution in [2.24, 2.45) is 0 Å². The van der Waals surface area contributed by atoms with Crippen molar-refractivity contribution >= 4 is 15.5 Å². The summed E-state index contributed by atoms with van der Waals surface area (Å²) < 4.78 is 11.2. The Hall–Kier alpha value is -1.00. The molecule has 0 saturated carbocycles. The van der Waals surface area contributed by atoms with Crippen LogP contribution in [0.15, 0.2) is 24.3 Å². The topological polar surface area (TPSA) is 44.5 Å². The van der Waals surface area contributed by atoms with Crippen molar-refractivity contribution in [3.8, 4) is 5.75 Å². The molecule has 1 rings (SSSR count). The van der Waals surface area contributed by atoms with Crippen molar-refractivity contribution in [2.75, 3.05) is 12.3 Å². The monoisotopic (exact) mass is 239 g/mol. The van der Waals surface area contributed by atoms with Crippen molar-refractivity contribution in [3.63, 3.8) is 0 Å². The summed E-state index contributed by atoms with van der Waals surface area (Å²) in [5.74, 6) is 0.853. The Labute approximate surface area is 99.9 Å².